The van der Waals surface area contributed by atoms with Crippen LogP contribution in [0.3, 0.4) is 0 Å². The number of anilines is 1. The Morgan fingerprint density at radius 1 is 1.29 bits per heavy atom. The lowest BCUT2D eigenvalue weighted by Gasteiger charge is -2.34. The second kappa shape index (κ2) is 6.86. The van der Waals surface area contributed by atoms with Crippen LogP contribution in [0.4, 0.5) is 10.1 Å². The molecular formula is C15H19FN2O5S. The highest BCUT2D eigenvalue weighted by Crippen LogP contribution is 2.30. The first-order valence-electron chi connectivity index (χ1n) is 7.31. The number of piperidine rings is 1. The van der Waals surface area contributed by atoms with Gasteiger partial charge in [-0.15, -0.1) is 0 Å². The number of halogens is 1. The summed E-state index contributed by atoms with van der Waals surface area (Å²) in [5.74, 6) is -2.26. The minimum absolute atomic E-state index is 0.0490. The van der Waals surface area contributed by atoms with Gasteiger partial charge in [-0.25, -0.2) is 17.6 Å². The molecule has 0 aliphatic carbocycles. The predicted octanol–water partition coefficient (Wildman–Crippen LogP) is 0.718. The van der Waals surface area contributed by atoms with Crippen molar-refractivity contribution in [3.63, 3.8) is 0 Å². The summed E-state index contributed by atoms with van der Waals surface area (Å²) < 4.78 is 41.3. The Labute approximate surface area is 139 Å². The highest BCUT2D eigenvalue weighted by Gasteiger charge is 2.48. The third-order valence-electron chi connectivity index (χ3n) is 4.17. The van der Waals surface area contributed by atoms with Gasteiger partial charge < -0.3 is 15.4 Å². The summed E-state index contributed by atoms with van der Waals surface area (Å²) in [6.45, 7) is 0.732. The van der Waals surface area contributed by atoms with E-state index in [1.807, 2.05) is 0 Å². The first-order chi connectivity index (χ1) is 11.2. The fraction of sp³-hybridized carbons (Fsp3) is 0.467. The first kappa shape index (κ1) is 18.3. The fourth-order valence-electron chi connectivity index (χ4n) is 2.70. The van der Waals surface area contributed by atoms with Gasteiger partial charge in [0.15, 0.2) is 14.6 Å². The molecule has 7 nitrogen and oxygen atoms in total. The number of ether oxygens (including phenoxy) is 1. The lowest BCUT2D eigenvalue weighted by Crippen LogP contribution is -2.55. The molecule has 1 aliphatic heterocycles. The highest BCUT2D eigenvalue weighted by atomic mass is 32.2. The van der Waals surface area contributed by atoms with Crippen molar-refractivity contribution in [2.75, 3.05) is 31.8 Å². The molecule has 0 spiro atoms. The van der Waals surface area contributed by atoms with Gasteiger partial charge in [0.05, 0.1) is 18.4 Å². The van der Waals surface area contributed by atoms with Crippen LogP contribution in [0.2, 0.25) is 0 Å². The summed E-state index contributed by atoms with van der Waals surface area (Å²) in [6.07, 6.45) is 1.19. The Balaban J connectivity index is 2.35. The molecule has 2 N–H and O–H groups in total. The Morgan fingerprint density at radius 3 is 2.46 bits per heavy atom. The summed E-state index contributed by atoms with van der Waals surface area (Å²) in [5, 5.41) is 5.31. The smallest absolute Gasteiger partial charge is 0.337 e. The summed E-state index contributed by atoms with van der Waals surface area (Å²) in [6, 6.07) is 3.35. The molecule has 132 valence electrons. The predicted molar refractivity (Wildman–Crippen MR) is 86.0 cm³/mol. The monoisotopic (exact) mass is 358 g/mol. The number of hydrogen-bond acceptors (Lipinski definition) is 6. The Bertz CT molecular complexity index is 757. The van der Waals surface area contributed by atoms with E-state index in [-0.39, 0.29) is 24.1 Å². The summed E-state index contributed by atoms with van der Waals surface area (Å²) >= 11 is 0. The molecule has 1 saturated heterocycles. The van der Waals surface area contributed by atoms with E-state index < -0.39 is 32.3 Å². The van der Waals surface area contributed by atoms with Crippen molar-refractivity contribution in [1.82, 2.24) is 5.32 Å². The third kappa shape index (κ3) is 3.41. The van der Waals surface area contributed by atoms with Crippen LogP contribution in [-0.2, 0) is 19.4 Å². The van der Waals surface area contributed by atoms with Crippen molar-refractivity contribution < 1.29 is 27.1 Å². The molecule has 1 fully saturated rings. The van der Waals surface area contributed by atoms with Gasteiger partial charge in [0.1, 0.15) is 5.82 Å². The second-order valence-electron chi connectivity index (χ2n) is 5.66. The minimum Gasteiger partial charge on any atom is -0.465 e. The van der Waals surface area contributed by atoms with Gasteiger partial charge in [-0.2, -0.15) is 0 Å². The van der Waals surface area contributed by atoms with E-state index in [0.29, 0.717) is 13.1 Å². The van der Waals surface area contributed by atoms with Crippen molar-refractivity contribution in [1.29, 1.82) is 0 Å². The van der Waals surface area contributed by atoms with E-state index in [4.69, 9.17) is 0 Å². The van der Waals surface area contributed by atoms with Gasteiger partial charge in [-0.05, 0) is 44.1 Å². The molecule has 1 aromatic rings. The molecule has 1 heterocycles. The van der Waals surface area contributed by atoms with Crippen LogP contribution >= 0.6 is 0 Å². The Hall–Kier alpha value is -2.00. The average Bonchev–Trinajstić information content (AvgIpc) is 2.55. The van der Waals surface area contributed by atoms with Crippen molar-refractivity contribution >= 4 is 27.4 Å². The molecule has 0 atom stereocenters. The molecule has 0 unspecified atom stereocenters. The quantitative estimate of drug-likeness (QED) is 0.769. The molecule has 2 rings (SSSR count). The molecule has 1 amide bonds. The van der Waals surface area contributed by atoms with E-state index in [9.17, 15) is 22.4 Å². The van der Waals surface area contributed by atoms with Crippen molar-refractivity contribution in [2.24, 2.45) is 0 Å². The molecule has 0 bridgehead atoms. The number of carbonyl (C=O) groups is 2. The first-order valence-corrected chi connectivity index (χ1v) is 9.20. The molecule has 1 aliphatic rings. The molecule has 0 aromatic heterocycles. The van der Waals surface area contributed by atoms with E-state index in [0.717, 1.165) is 18.4 Å². The summed E-state index contributed by atoms with van der Waals surface area (Å²) in [7, 11) is -2.54. The summed E-state index contributed by atoms with van der Waals surface area (Å²) in [4.78, 5) is 24.2. The standard InChI is InChI=1S/C15H19FN2O5S/c1-23-13(19)10-3-4-11(16)12(9-10)18-14(20)15(24(2,21)22)5-7-17-8-6-15/h3-4,9,17H,5-8H2,1-2H3,(H,18,20). The van der Waals surface area contributed by atoms with Gasteiger partial charge in [0, 0.05) is 6.26 Å². The van der Waals surface area contributed by atoms with Gasteiger partial charge >= 0.3 is 5.97 Å². The van der Waals surface area contributed by atoms with Gasteiger partial charge in [0.25, 0.3) is 0 Å². The normalized spacial score (nSPS) is 17.1. The molecular weight excluding hydrogens is 339 g/mol. The number of rotatable bonds is 4. The largest absolute Gasteiger partial charge is 0.465 e. The van der Waals surface area contributed by atoms with Crippen molar-refractivity contribution in [3.8, 4) is 0 Å². The van der Waals surface area contributed by atoms with Crippen LogP contribution in [-0.4, -0.2) is 51.5 Å². The number of carbonyl (C=O) groups excluding carboxylic acids is 2. The van der Waals surface area contributed by atoms with E-state index in [1.165, 1.54) is 13.2 Å². The molecule has 0 radical (unpaired) electrons. The maximum absolute atomic E-state index is 14.0. The van der Waals surface area contributed by atoms with Gasteiger partial charge in [-0.1, -0.05) is 0 Å². The number of amides is 1. The zero-order valence-electron chi connectivity index (χ0n) is 13.4. The summed E-state index contributed by atoms with van der Waals surface area (Å²) in [5.41, 5.74) is -0.211. The average molecular weight is 358 g/mol. The van der Waals surface area contributed by atoms with Crippen molar-refractivity contribution in [2.45, 2.75) is 17.6 Å². The molecule has 24 heavy (non-hydrogen) atoms. The topological polar surface area (TPSA) is 102 Å². The van der Waals surface area contributed by atoms with Crippen LogP contribution in [0.15, 0.2) is 18.2 Å². The van der Waals surface area contributed by atoms with Gasteiger partial charge in [-0.3, -0.25) is 4.79 Å². The second-order valence-corrected chi connectivity index (χ2v) is 7.98. The highest BCUT2D eigenvalue weighted by molar-refractivity contribution is 7.92. The zero-order valence-corrected chi connectivity index (χ0v) is 14.2. The molecule has 0 saturated carbocycles. The van der Waals surface area contributed by atoms with Crippen molar-refractivity contribution in [3.05, 3.63) is 29.6 Å². The van der Waals surface area contributed by atoms with Crippen LogP contribution < -0.4 is 10.6 Å². The van der Waals surface area contributed by atoms with Crippen LogP contribution in [0.5, 0.6) is 0 Å². The lowest BCUT2D eigenvalue weighted by atomic mass is 9.95. The van der Waals surface area contributed by atoms with E-state index in [1.54, 1.807) is 0 Å². The number of sulfone groups is 1. The van der Waals surface area contributed by atoms with E-state index >= 15 is 0 Å². The number of hydrogen-bond donors (Lipinski definition) is 2. The Morgan fingerprint density at radius 2 is 1.92 bits per heavy atom. The van der Waals surface area contributed by atoms with Crippen LogP contribution in [0, 0.1) is 5.82 Å². The minimum atomic E-state index is -3.72. The Kier molecular flexibility index (Phi) is 5.24. The van der Waals surface area contributed by atoms with Gasteiger partial charge in [0.2, 0.25) is 5.91 Å². The zero-order chi connectivity index (χ0) is 18.0. The maximum atomic E-state index is 14.0. The number of benzene rings is 1. The SMILES string of the molecule is COC(=O)c1ccc(F)c(NC(=O)C2(S(C)(=O)=O)CCNCC2)c1. The number of methoxy groups -OCH3 is 1. The number of nitrogens with one attached hydrogen (secondary N) is 2. The number of esters is 1. The molecule has 9 heteroatoms. The van der Waals surface area contributed by atoms with Crippen LogP contribution in [0.25, 0.3) is 0 Å². The van der Waals surface area contributed by atoms with Crippen LogP contribution in [0.1, 0.15) is 23.2 Å². The molecule has 1 aromatic carbocycles. The maximum Gasteiger partial charge on any atom is 0.337 e. The fourth-order valence-corrected chi connectivity index (χ4v) is 4.03. The van der Waals surface area contributed by atoms with E-state index in [2.05, 4.69) is 15.4 Å². The lowest BCUT2D eigenvalue weighted by molar-refractivity contribution is -0.119. The third-order valence-corrected chi connectivity index (χ3v) is 6.18.